The minimum Gasteiger partial charge on any atom is -0.542 e. The number of carbonyl (C=O) groups excluding carboxylic acids is 2. The fourth-order valence-corrected chi connectivity index (χ4v) is 4.24. The van der Waals surface area contributed by atoms with Gasteiger partial charge in [0.05, 0.1) is 36.9 Å². The standard InChI is InChI=1S/C22H24F2N6O2.C2HF3O2/c23-22(24)9-7-16(8-10-22)25-20(31)29-11-13-30(14-12-29)21-27-19(28-32-21)18-6-5-15-3-1-2-4-17(15)26-18;3-2(4,5)1(6)7/h1-6,16H,7-14H2,(H,25,31);(H,6,7). The van der Waals surface area contributed by atoms with E-state index in [-0.39, 0.29) is 24.9 Å². The lowest BCUT2D eigenvalue weighted by atomic mass is 9.92. The van der Waals surface area contributed by atoms with Gasteiger partial charge in [0.15, 0.2) is 0 Å². The molecule has 0 atom stereocenters. The fourth-order valence-electron chi connectivity index (χ4n) is 4.24. The normalized spacial score (nSPS) is 17.9. The molecule has 1 aromatic carbocycles. The van der Waals surface area contributed by atoms with E-state index >= 15 is 0 Å². The highest BCUT2D eigenvalue weighted by molar-refractivity contribution is 5.80. The molecule has 1 saturated carbocycles. The number of carboxylic acid groups (broad SMARTS) is 1. The first kappa shape index (κ1) is 28.0. The summed E-state index contributed by atoms with van der Waals surface area (Å²) >= 11 is 0. The molecule has 2 aliphatic rings. The molecule has 0 bridgehead atoms. The molecule has 0 unspecified atom stereocenters. The van der Waals surface area contributed by atoms with Gasteiger partial charge < -0.3 is 20.1 Å². The second-order valence-corrected chi connectivity index (χ2v) is 9.19. The van der Waals surface area contributed by atoms with Gasteiger partial charge in [-0.1, -0.05) is 24.3 Å². The van der Waals surface area contributed by atoms with Gasteiger partial charge in [-0.2, -0.15) is 13.2 Å². The van der Waals surface area contributed by atoms with Crippen LogP contribution in [0.1, 0.15) is 25.7 Å². The van der Waals surface area contributed by atoms with E-state index in [1.165, 1.54) is 0 Å². The Morgan fingerprint density at radius 1 is 1.05 bits per heavy atom. The summed E-state index contributed by atoms with van der Waals surface area (Å²) in [5.41, 5.74) is 1.57. The fraction of sp³-hybridized carbons (Fsp3) is 0.458. The zero-order valence-electron chi connectivity index (χ0n) is 20.5. The number of urea groups is 1. The number of anilines is 1. The first-order valence-electron chi connectivity index (χ1n) is 12.1. The number of hydrogen-bond acceptors (Lipinski definition) is 7. The van der Waals surface area contributed by atoms with Crippen LogP contribution in [0.15, 0.2) is 40.9 Å². The Hall–Kier alpha value is -4.04. The topological polar surface area (TPSA) is 129 Å². The molecular formula is C24H25F5N6O4. The van der Waals surface area contributed by atoms with Gasteiger partial charge in [-0.3, -0.25) is 4.90 Å². The molecule has 210 valence electrons. The molecule has 3 heterocycles. The number of pyridine rings is 1. The van der Waals surface area contributed by atoms with Crippen LogP contribution in [0, 0.1) is 0 Å². The number of carbonyl (C=O) groups is 2. The Labute approximate surface area is 218 Å². The maximum atomic E-state index is 13.3. The maximum absolute atomic E-state index is 13.3. The molecule has 2 amide bonds. The molecule has 3 aromatic rings. The number of para-hydroxylation sites is 1. The second kappa shape index (κ2) is 11.4. The van der Waals surface area contributed by atoms with Crippen molar-refractivity contribution in [1.29, 1.82) is 0 Å². The van der Waals surface area contributed by atoms with E-state index < -0.39 is 18.1 Å². The number of piperazine rings is 1. The van der Waals surface area contributed by atoms with Gasteiger partial charge in [-0.25, -0.2) is 28.1 Å². The Kier molecular flexibility index (Phi) is 8.16. The maximum Gasteiger partial charge on any atom is 0.435 e. The first-order valence-corrected chi connectivity index (χ1v) is 12.1. The van der Waals surface area contributed by atoms with Crippen LogP contribution in [-0.2, 0) is 4.79 Å². The summed E-state index contributed by atoms with van der Waals surface area (Å²) < 4.78 is 63.7. The summed E-state index contributed by atoms with van der Waals surface area (Å²) in [5.74, 6) is -5.06. The molecule has 2 N–H and O–H groups in total. The Morgan fingerprint density at radius 3 is 2.33 bits per heavy atom. The van der Waals surface area contributed by atoms with Gasteiger partial charge in [0.1, 0.15) is 11.7 Å². The highest BCUT2D eigenvalue weighted by atomic mass is 19.4. The molecule has 1 aliphatic carbocycles. The van der Waals surface area contributed by atoms with Crippen molar-refractivity contribution in [2.75, 3.05) is 31.1 Å². The summed E-state index contributed by atoms with van der Waals surface area (Å²) in [4.78, 5) is 32.8. The van der Waals surface area contributed by atoms with Crippen LogP contribution in [0.4, 0.5) is 32.8 Å². The van der Waals surface area contributed by atoms with Crippen molar-refractivity contribution < 1.29 is 46.2 Å². The van der Waals surface area contributed by atoms with Gasteiger partial charge in [-0.05, 0) is 25.0 Å². The van der Waals surface area contributed by atoms with Gasteiger partial charge in [0, 0.05) is 24.3 Å². The van der Waals surface area contributed by atoms with Crippen LogP contribution in [0.25, 0.3) is 22.4 Å². The highest BCUT2D eigenvalue weighted by Crippen LogP contribution is 2.33. The van der Waals surface area contributed by atoms with Crippen molar-refractivity contribution in [3.05, 3.63) is 36.4 Å². The molecular weight excluding hydrogens is 531 g/mol. The lowest BCUT2D eigenvalue weighted by Crippen LogP contribution is -2.54. The average molecular weight is 556 g/mol. The van der Waals surface area contributed by atoms with Gasteiger partial charge in [0.2, 0.25) is 5.92 Å². The predicted octanol–water partition coefficient (Wildman–Crippen LogP) is 2.41. The number of H-pyrrole nitrogens is 1. The third-order valence-corrected chi connectivity index (χ3v) is 6.42. The number of halogens is 5. The van der Waals surface area contributed by atoms with E-state index in [4.69, 9.17) is 14.4 Å². The van der Waals surface area contributed by atoms with E-state index in [1.54, 1.807) is 4.90 Å². The van der Waals surface area contributed by atoms with Crippen molar-refractivity contribution in [3.8, 4) is 11.5 Å². The third kappa shape index (κ3) is 7.29. The van der Waals surface area contributed by atoms with Gasteiger partial charge >= 0.3 is 24.0 Å². The van der Waals surface area contributed by atoms with E-state index in [0.717, 1.165) is 10.9 Å². The molecule has 1 saturated heterocycles. The summed E-state index contributed by atoms with van der Waals surface area (Å²) in [6.07, 6.45) is -4.89. The van der Waals surface area contributed by atoms with Gasteiger partial charge in [0.25, 0.3) is 0 Å². The van der Waals surface area contributed by atoms with Crippen molar-refractivity contribution in [1.82, 2.24) is 20.4 Å². The monoisotopic (exact) mass is 556 g/mol. The van der Waals surface area contributed by atoms with Crippen LogP contribution in [-0.4, -0.2) is 71.4 Å². The van der Waals surface area contributed by atoms with Crippen LogP contribution >= 0.6 is 0 Å². The van der Waals surface area contributed by atoms with Crippen molar-refractivity contribution in [2.24, 2.45) is 0 Å². The number of rotatable bonds is 3. The van der Waals surface area contributed by atoms with Crippen molar-refractivity contribution in [2.45, 2.75) is 43.8 Å². The lowest BCUT2D eigenvalue weighted by Gasteiger charge is -2.34. The lowest BCUT2D eigenvalue weighted by molar-refractivity contribution is -0.356. The summed E-state index contributed by atoms with van der Waals surface area (Å²) in [6, 6.07) is 11.9. The summed E-state index contributed by atoms with van der Waals surface area (Å²) in [5, 5.41) is 16.9. The highest BCUT2D eigenvalue weighted by Gasteiger charge is 2.36. The third-order valence-electron chi connectivity index (χ3n) is 6.42. The Bertz CT molecular complexity index is 1300. The number of fused-ring (bicyclic) bond motifs is 1. The molecule has 0 spiro atoms. The number of aromatic nitrogens is 3. The number of hydrogen-bond donors (Lipinski definition) is 1. The van der Waals surface area contributed by atoms with E-state index in [9.17, 15) is 26.7 Å². The van der Waals surface area contributed by atoms with E-state index in [1.807, 2.05) is 41.3 Å². The largest absolute Gasteiger partial charge is 0.542 e. The zero-order chi connectivity index (χ0) is 28.2. The number of amides is 2. The molecule has 5 rings (SSSR count). The molecule has 39 heavy (non-hydrogen) atoms. The Morgan fingerprint density at radius 2 is 1.69 bits per heavy atom. The van der Waals surface area contributed by atoms with Crippen LogP contribution in [0.3, 0.4) is 0 Å². The average Bonchev–Trinajstić information content (AvgIpc) is 3.40. The molecule has 2 aromatic heterocycles. The summed E-state index contributed by atoms with van der Waals surface area (Å²) in [6.45, 7) is 2.17. The number of aliphatic carboxylic acids is 1. The Balaban J connectivity index is 0.000000448. The minimum atomic E-state index is -5.19. The molecule has 15 heteroatoms. The zero-order valence-corrected chi connectivity index (χ0v) is 20.5. The van der Waals surface area contributed by atoms with E-state index in [0.29, 0.717) is 56.6 Å². The van der Waals surface area contributed by atoms with Gasteiger partial charge in [-0.15, -0.1) is 0 Å². The second-order valence-electron chi connectivity index (χ2n) is 9.19. The number of nitrogens with one attached hydrogen (secondary N) is 2. The SMILES string of the molecule is O=C(NC1CCC(F)(F)CC1)N1CCN(c2[nH+]c(-c3ccc4ccccc4n3)no2)CC1.O=C([O-])C(F)(F)F. The first-order chi connectivity index (χ1) is 18.4. The van der Waals surface area contributed by atoms with Crippen LogP contribution in [0.2, 0.25) is 0 Å². The molecule has 10 nitrogen and oxygen atoms in total. The number of nitrogens with zero attached hydrogens (tertiary/aromatic N) is 4. The molecule has 2 fully saturated rings. The molecule has 1 aliphatic heterocycles. The number of aromatic amines is 1. The number of carboxylic acids is 1. The molecule has 0 radical (unpaired) electrons. The quantitative estimate of drug-likeness (QED) is 0.491. The minimum absolute atomic E-state index is 0.165. The van der Waals surface area contributed by atoms with Crippen LogP contribution in [0.5, 0.6) is 0 Å². The number of benzene rings is 1. The van der Waals surface area contributed by atoms with E-state index in [2.05, 4.69) is 20.4 Å². The van der Waals surface area contributed by atoms with Crippen LogP contribution < -0.4 is 20.3 Å². The predicted molar refractivity (Wildman–Crippen MR) is 124 cm³/mol. The smallest absolute Gasteiger partial charge is 0.435 e. The summed E-state index contributed by atoms with van der Waals surface area (Å²) in [7, 11) is 0. The van der Waals surface area contributed by atoms with Crippen molar-refractivity contribution in [3.63, 3.8) is 0 Å². The van der Waals surface area contributed by atoms with Crippen molar-refractivity contribution >= 4 is 28.9 Å². The number of alkyl halides is 5.